The van der Waals surface area contributed by atoms with Gasteiger partial charge in [-0.1, -0.05) is 6.07 Å². The van der Waals surface area contributed by atoms with Gasteiger partial charge in [0, 0.05) is 31.4 Å². The lowest BCUT2D eigenvalue weighted by molar-refractivity contribution is 0.282. The summed E-state index contributed by atoms with van der Waals surface area (Å²) in [5.41, 5.74) is 0.826. The number of imidazole rings is 1. The second-order valence-corrected chi connectivity index (χ2v) is 8.20. The largest absolute Gasteiger partial charge is 0.396 e. The summed E-state index contributed by atoms with van der Waals surface area (Å²) in [6, 6.07) is 7.97. The minimum absolute atomic E-state index is 0.0212. The fourth-order valence-electron chi connectivity index (χ4n) is 3.50. The van der Waals surface area contributed by atoms with Crippen molar-refractivity contribution >= 4 is 38.5 Å². The molecule has 1 aromatic carbocycles. The second-order valence-electron chi connectivity index (χ2n) is 7.25. The summed E-state index contributed by atoms with van der Waals surface area (Å²) in [5.74, 6) is 0.491. The summed E-state index contributed by atoms with van der Waals surface area (Å²) in [7, 11) is 3.37. The highest BCUT2D eigenvalue weighted by molar-refractivity contribution is 7.17. The lowest BCUT2D eigenvalue weighted by atomic mass is 10.1. The summed E-state index contributed by atoms with van der Waals surface area (Å²) in [5, 5.41) is 15.4. The van der Waals surface area contributed by atoms with Gasteiger partial charge in [0.2, 0.25) is 5.95 Å². The number of nitrogens with zero attached hydrogens (tertiary/aromatic N) is 4. The Bertz CT molecular complexity index is 1310. The topological polar surface area (TPSA) is 94.1 Å². The minimum Gasteiger partial charge on any atom is -0.396 e. The molecule has 3 aromatic heterocycles. The monoisotopic (exact) mass is 413 g/mol. The summed E-state index contributed by atoms with van der Waals surface area (Å²) in [4.78, 5) is 30.5. The molecular weight excluding hydrogens is 390 g/mol. The van der Waals surface area contributed by atoms with E-state index < -0.39 is 5.69 Å². The maximum atomic E-state index is 13.2. The molecule has 0 bridgehead atoms. The van der Waals surface area contributed by atoms with Gasteiger partial charge >= 0.3 is 5.69 Å². The maximum Gasteiger partial charge on any atom is 0.332 e. The molecule has 1 atom stereocenters. The van der Waals surface area contributed by atoms with Crippen LogP contribution in [0.15, 0.2) is 39.2 Å². The highest BCUT2D eigenvalue weighted by Crippen LogP contribution is 2.22. The van der Waals surface area contributed by atoms with Gasteiger partial charge in [-0.2, -0.15) is 4.98 Å². The van der Waals surface area contributed by atoms with Crippen LogP contribution in [0.4, 0.5) is 5.95 Å². The molecule has 0 aliphatic carbocycles. The molecule has 3 heterocycles. The van der Waals surface area contributed by atoms with Gasteiger partial charge in [-0.3, -0.25) is 13.9 Å². The number of benzene rings is 1. The fraction of sp³-hybridized carbons (Fsp3) is 0.350. The molecule has 4 rings (SSSR count). The van der Waals surface area contributed by atoms with Crippen LogP contribution in [-0.2, 0) is 20.6 Å². The van der Waals surface area contributed by atoms with E-state index in [9.17, 15) is 9.59 Å². The predicted molar refractivity (Wildman–Crippen MR) is 116 cm³/mol. The molecule has 0 fully saturated rings. The molecule has 0 spiro atoms. The van der Waals surface area contributed by atoms with E-state index in [1.54, 1.807) is 30.0 Å². The molecule has 8 nitrogen and oxygen atoms in total. The van der Waals surface area contributed by atoms with Crippen molar-refractivity contribution in [2.45, 2.75) is 25.9 Å². The van der Waals surface area contributed by atoms with E-state index >= 15 is 0 Å². The van der Waals surface area contributed by atoms with Crippen molar-refractivity contribution < 1.29 is 5.11 Å². The molecule has 0 saturated heterocycles. The zero-order valence-electron chi connectivity index (χ0n) is 16.5. The number of aromatic nitrogens is 4. The van der Waals surface area contributed by atoms with E-state index in [1.165, 1.54) is 13.8 Å². The van der Waals surface area contributed by atoms with Gasteiger partial charge < -0.3 is 15.0 Å². The number of nitrogens with one attached hydrogen (secondary N) is 1. The summed E-state index contributed by atoms with van der Waals surface area (Å²) in [6.45, 7) is 2.17. The molecule has 0 radical (unpaired) electrons. The van der Waals surface area contributed by atoms with Gasteiger partial charge in [-0.15, -0.1) is 11.3 Å². The number of hydrogen-bond donors (Lipinski definition) is 2. The number of thiophene rings is 1. The molecule has 0 unspecified atom stereocenters. The van der Waals surface area contributed by atoms with Crippen LogP contribution < -0.4 is 16.6 Å². The van der Waals surface area contributed by atoms with Crippen molar-refractivity contribution in [2.24, 2.45) is 14.1 Å². The summed E-state index contributed by atoms with van der Waals surface area (Å²) >= 11 is 1.66. The van der Waals surface area contributed by atoms with Gasteiger partial charge in [0.1, 0.15) is 0 Å². The van der Waals surface area contributed by atoms with Crippen LogP contribution in [0.1, 0.15) is 18.9 Å². The van der Waals surface area contributed by atoms with Gasteiger partial charge in [0.15, 0.2) is 11.2 Å². The first kappa shape index (κ1) is 19.4. The predicted octanol–water partition coefficient (Wildman–Crippen LogP) is 1.88. The highest BCUT2D eigenvalue weighted by atomic mass is 32.1. The van der Waals surface area contributed by atoms with E-state index in [1.807, 2.05) is 36.6 Å². The minimum atomic E-state index is -0.402. The van der Waals surface area contributed by atoms with Crippen LogP contribution in [0, 0.1) is 0 Å². The molecule has 0 aliphatic rings. The van der Waals surface area contributed by atoms with E-state index in [2.05, 4.69) is 10.3 Å². The van der Waals surface area contributed by atoms with Crippen LogP contribution in [-0.4, -0.2) is 36.4 Å². The van der Waals surface area contributed by atoms with Gasteiger partial charge in [0.05, 0.1) is 6.54 Å². The normalized spacial score (nSPS) is 12.7. The number of aryl methyl sites for hydroxylation is 2. The standard InChI is InChI=1S/C20H23N5O3S/c1-12(6-8-26)21-19-22-17-16(23(19)2)18(27)25(20(28)24(17)3)11-13-4-5-15-14(10-13)7-9-29-15/h4-5,7,9-10,12,26H,6,8,11H2,1-3H3,(H,21,22)/t12-/m0/s1. The lowest BCUT2D eigenvalue weighted by Crippen LogP contribution is -2.39. The molecule has 2 N–H and O–H groups in total. The Kier molecular flexibility index (Phi) is 5.01. The Morgan fingerprint density at radius 3 is 2.76 bits per heavy atom. The summed E-state index contributed by atoms with van der Waals surface area (Å²) in [6.07, 6.45) is 0.553. The highest BCUT2D eigenvalue weighted by Gasteiger charge is 2.19. The van der Waals surface area contributed by atoms with Crippen molar-refractivity contribution in [3.8, 4) is 0 Å². The molecule has 0 aliphatic heterocycles. The SMILES string of the molecule is C[C@@H](CCO)Nc1nc2c(c(=O)n(Cc3ccc4sccc4c3)c(=O)n2C)n1C. The molecular formula is C20H23N5O3S. The van der Waals surface area contributed by atoms with Crippen molar-refractivity contribution in [2.75, 3.05) is 11.9 Å². The maximum absolute atomic E-state index is 13.2. The lowest BCUT2D eigenvalue weighted by Gasteiger charge is -2.12. The molecule has 152 valence electrons. The Morgan fingerprint density at radius 2 is 2.00 bits per heavy atom. The number of hydrogen-bond acceptors (Lipinski definition) is 6. The number of fused-ring (bicyclic) bond motifs is 2. The Hall–Kier alpha value is -2.91. The number of rotatable bonds is 6. The van der Waals surface area contributed by atoms with E-state index in [4.69, 9.17) is 5.11 Å². The molecule has 0 saturated carbocycles. The van der Waals surface area contributed by atoms with Crippen molar-refractivity contribution in [1.29, 1.82) is 0 Å². The van der Waals surface area contributed by atoms with Gasteiger partial charge in [-0.25, -0.2) is 4.79 Å². The first-order chi connectivity index (χ1) is 13.9. The van der Waals surface area contributed by atoms with Crippen LogP contribution in [0.25, 0.3) is 21.3 Å². The van der Waals surface area contributed by atoms with Gasteiger partial charge in [0.25, 0.3) is 5.56 Å². The number of aliphatic hydroxyl groups excluding tert-OH is 1. The Morgan fingerprint density at radius 1 is 1.21 bits per heavy atom. The second kappa shape index (κ2) is 7.49. The van der Waals surface area contributed by atoms with Crippen LogP contribution in [0.2, 0.25) is 0 Å². The average Bonchev–Trinajstić information content (AvgIpc) is 3.28. The van der Waals surface area contributed by atoms with Crippen molar-refractivity contribution in [1.82, 2.24) is 18.7 Å². The molecule has 4 aromatic rings. The molecule has 9 heteroatoms. The van der Waals surface area contributed by atoms with E-state index in [0.717, 1.165) is 10.9 Å². The first-order valence-electron chi connectivity index (χ1n) is 9.40. The molecule has 29 heavy (non-hydrogen) atoms. The zero-order valence-corrected chi connectivity index (χ0v) is 17.4. The third kappa shape index (κ3) is 3.36. The third-order valence-corrected chi connectivity index (χ3v) is 6.05. The van der Waals surface area contributed by atoms with Crippen LogP contribution >= 0.6 is 11.3 Å². The first-order valence-corrected chi connectivity index (χ1v) is 10.3. The van der Waals surface area contributed by atoms with Crippen molar-refractivity contribution in [3.63, 3.8) is 0 Å². The van der Waals surface area contributed by atoms with Crippen molar-refractivity contribution in [3.05, 3.63) is 56.0 Å². The molecule has 0 amide bonds. The number of anilines is 1. The van der Waals surface area contributed by atoms with Gasteiger partial charge in [-0.05, 0) is 47.9 Å². The van der Waals surface area contributed by atoms with E-state index in [-0.39, 0.29) is 24.8 Å². The van der Waals surface area contributed by atoms with Crippen LogP contribution in [0.3, 0.4) is 0 Å². The quantitative estimate of drug-likeness (QED) is 0.503. The van der Waals surface area contributed by atoms with E-state index in [0.29, 0.717) is 23.5 Å². The third-order valence-electron chi connectivity index (χ3n) is 5.16. The number of aliphatic hydroxyl groups is 1. The summed E-state index contributed by atoms with van der Waals surface area (Å²) < 4.78 is 5.49. The fourth-order valence-corrected chi connectivity index (χ4v) is 4.27. The Balaban J connectivity index is 1.81. The average molecular weight is 414 g/mol. The van der Waals surface area contributed by atoms with Crippen LogP contribution in [0.5, 0.6) is 0 Å². The zero-order chi connectivity index (χ0) is 20.7. The Labute approximate surface area is 170 Å². The smallest absolute Gasteiger partial charge is 0.332 e.